The molecular weight excluding hydrogens is 506 g/mol. The maximum atomic E-state index is 12.8. The molecule has 1 amide bonds. The van der Waals surface area contributed by atoms with Gasteiger partial charge in [-0.1, -0.05) is 31.4 Å². The van der Waals surface area contributed by atoms with E-state index in [1.165, 1.54) is 16.2 Å². The van der Waals surface area contributed by atoms with Crippen LogP contribution in [0.15, 0.2) is 61.1 Å². The minimum Gasteiger partial charge on any atom is -0.337 e. The Morgan fingerprint density at radius 1 is 1.03 bits per heavy atom. The van der Waals surface area contributed by atoms with E-state index in [0.29, 0.717) is 17.2 Å². The quantitative estimate of drug-likeness (QED) is 0.218. The molecule has 0 bridgehead atoms. The molecule has 7 rings (SSSR count). The van der Waals surface area contributed by atoms with Crippen LogP contribution < -0.4 is 5.32 Å². The molecule has 1 aliphatic rings. The maximum Gasteiger partial charge on any atom is 0.227 e. The number of nitrogens with zero attached hydrogens (tertiary/aromatic N) is 4. The van der Waals surface area contributed by atoms with Crippen molar-refractivity contribution in [3.63, 3.8) is 0 Å². The van der Waals surface area contributed by atoms with Crippen LogP contribution in [0.5, 0.6) is 0 Å². The van der Waals surface area contributed by atoms with Gasteiger partial charge in [0.25, 0.3) is 0 Å². The number of fused-ring (bicyclic) bond motifs is 2. The first-order valence-corrected chi connectivity index (χ1v) is 14.1. The van der Waals surface area contributed by atoms with Gasteiger partial charge in [-0.3, -0.25) is 14.9 Å². The van der Waals surface area contributed by atoms with Gasteiger partial charge >= 0.3 is 0 Å². The minimum atomic E-state index is 0.0845. The lowest BCUT2D eigenvalue weighted by Crippen LogP contribution is -2.24. The van der Waals surface area contributed by atoms with E-state index in [-0.39, 0.29) is 11.8 Å². The lowest BCUT2D eigenvalue weighted by Gasteiger charge is -2.20. The van der Waals surface area contributed by atoms with Crippen LogP contribution in [0.4, 0.5) is 5.69 Å². The van der Waals surface area contributed by atoms with Crippen molar-refractivity contribution < 1.29 is 4.79 Å². The second-order valence-electron chi connectivity index (χ2n) is 10.2. The third kappa shape index (κ3) is 4.48. The standard InChI is InChI=1S/C30H27N7OS/c1-17-10-11-25(39-17)22-8-5-9-24-26(22)35-29(34-24)27-23-13-20(15-32-28(23)37-36-27)19-12-21(16-31-14-19)33-30(38)18-6-3-2-4-7-18/h5,8-16,18H,2-4,6-7H2,1H3,(H,33,38)(H,34,35)(H,32,36,37). The number of pyridine rings is 2. The lowest BCUT2D eigenvalue weighted by atomic mass is 9.88. The van der Waals surface area contributed by atoms with E-state index >= 15 is 0 Å². The largest absolute Gasteiger partial charge is 0.337 e. The summed E-state index contributed by atoms with van der Waals surface area (Å²) in [5, 5.41) is 11.5. The van der Waals surface area contributed by atoms with E-state index < -0.39 is 0 Å². The highest BCUT2D eigenvalue weighted by Crippen LogP contribution is 2.35. The topological polar surface area (TPSA) is 112 Å². The monoisotopic (exact) mass is 533 g/mol. The molecule has 39 heavy (non-hydrogen) atoms. The fourth-order valence-electron chi connectivity index (χ4n) is 5.44. The summed E-state index contributed by atoms with van der Waals surface area (Å²) in [6.07, 6.45) is 10.6. The maximum absolute atomic E-state index is 12.8. The van der Waals surface area contributed by atoms with Gasteiger partial charge in [-0.2, -0.15) is 5.10 Å². The molecule has 0 unspecified atom stereocenters. The van der Waals surface area contributed by atoms with Crippen molar-refractivity contribution in [1.29, 1.82) is 0 Å². The van der Waals surface area contributed by atoms with Crippen molar-refractivity contribution >= 4 is 45.0 Å². The number of H-pyrrole nitrogens is 2. The third-order valence-corrected chi connectivity index (χ3v) is 8.51. The van der Waals surface area contributed by atoms with Gasteiger partial charge in [-0.15, -0.1) is 11.3 Å². The number of thiophene rings is 1. The average molecular weight is 534 g/mol. The molecule has 1 fully saturated rings. The summed E-state index contributed by atoms with van der Waals surface area (Å²) >= 11 is 1.76. The molecule has 1 aliphatic carbocycles. The molecule has 0 spiro atoms. The molecule has 0 aliphatic heterocycles. The number of carbonyl (C=O) groups excluding carboxylic acids is 1. The van der Waals surface area contributed by atoms with Gasteiger partial charge in [-0.05, 0) is 50.1 Å². The zero-order chi connectivity index (χ0) is 26.3. The molecule has 9 heteroatoms. The smallest absolute Gasteiger partial charge is 0.227 e. The summed E-state index contributed by atoms with van der Waals surface area (Å²) in [5.74, 6) is 0.877. The molecule has 5 aromatic heterocycles. The summed E-state index contributed by atoms with van der Waals surface area (Å²) in [6, 6.07) is 14.5. The molecule has 5 heterocycles. The van der Waals surface area contributed by atoms with E-state index in [9.17, 15) is 4.79 Å². The first-order chi connectivity index (χ1) is 19.1. The number of amides is 1. The van der Waals surface area contributed by atoms with E-state index in [1.54, 1.807) is 29.9 Å². The average Bonchev–Trinajstić information content (AvgIpc) is 3.71. The van der Waals surface area contributed by atoms with Crippen LogP contribution in [-0.2, 0) is 4.79 Å². The van der Waals surface area contributed by atoms with Crippen LogP contribution in [0.1, 0.15) is 37.0 Å². The van der Waals surface area contributed by atoms with Crippen LogP contribution in [-0.4, -0.2) is 36.0 Å². The molecule has 3 N–H and O–H groups in total. The molecule has 0 saturated heterocycles. The van der Waals surface area contributed by atoms with Gasteiger partial charge in [0.15, 0.2) is 11.5 Å². The second-order valence-corrected chi connectivity index (χ2v) is 11.5. The van der Waals surface area contributed by atoms with Crippen LogP contribution in [0.25, 0.3) is 55.2 Å². The summed E-state index contributed by atoms with van der Waals surface area (Å²) < 4.78 is 0. The number of anilines is 1. The first kappa shape index (κ1) is 23.7. The van der Waals surface area contributed by atoms with Crippen LogP contribution >= 0.6 is 11.3 Å². The van der Waals surface area contributed by atoms with Gasteiger partial charge in [0.1, 0.15) is 5.69 Å². The molecule has 194 valence electrons. The van der Waals surface area contributed by atoms with E-state index in [2.05, 4.69) is 55.6 Å². The zero-order valence-electron chi connectivity index (χ0n) is 21.5. The van der Waals surface area contributed by atoms with Gasteiger partial charge in [0.2, 0.25) is 5.91 Å². The van der Waals surface area contributed by atoms with E-state index in [1.807, 2.05) is 24.3 Å². The van der Waals surface area contributed by atoms with Gasteiger partial charge < -0.3 is 10.3 Å². The number of nitrogens with one attached hydrogen (secondary N) is 3. The van der Waals surface area contributed by atoms with Crippen molar-refractivity contribution in [3.8, 4) is 33.1 Å². The number of benzene rings is 1. The first-order valence-electron chi connectivity index (χ1n) is 13.3. The summed E-state index contributed by atoms with van der Waals surface area (Å²) in [7, 11) is 0. The van der Waals surface area contributed by atoms with Gasteiger partial charge in [0.05, 0.1) is 28.3 Å². The Bertz CT molecular complexity index is 1830. The molecule has 0 atom stereocenters. The number of aromatic amines is 2. The number of carbonyl (C=O) groups is 1. The fraction of sp³-hybridized carbons (Fsp3) is 0.233. The lowest BCUT2D eigenvalue weighted by molar-refractivity contribution is -0.120. The number of rotatable bonds is 5. The van der Waals surface area contributed by atoms with Crippen molar-refractivity contribution in [2.45, 2.75) is 39.0 Å². The number of aromatic nitrogens is 6. The van der Waals surface area contributed by atoms with E-state index in [0.717, 1.165) is 64.5 Å². The van der Waals surface area contributed by atoms with Crippen molar-refractivity contribution in [3.05, 3.63) is 65.9 Å². The Morgan fingerprint density at radius 3 is 2.74 bits per heavy atom. The Labute approximate surface area is 228 Å². The fourth-order valence-corrected chi connectivity index (χ4v) is 6.34. The SMILES string of the molecule is Cc1ccc(-c2cccc3[nH]c(-c4[nH]nc5ncc(-c6cncc(NC(=O)C7CCCCC7)c6)cc45)nc23)s1. The Balaban J connectivity index is 1.22. The molecule has 1 aromatic carbocycles. The number of hydrogen-bond acceptors (Lipinski definition) is 6. The highest BCUT2D eigenvalue weighted by molar-refractivity contribution is 7.15. The predicted molar refractivity (Wildman–Crippen MR) is 155 cm³/mol. The Hall–Kier alpha value is -4.37. The Morgan fingerprint density at radius 2 is 1.90 bits per heavy atom. The van der Waals surface area contributed by atoms with Crippen LogP contribution in [0.3, 0.4) is 0 Å². The van der Waals surface area contributed by atoms with Crippen LogP contribution in [0, 0.1) is 12.8 Å². The van der Waals surface area contributed by atoms with Crippen molar-refractivity contribution in [1.82, 2.24) is 30.1 Å². The number of imidazole rings is 1. The number of aryl methyl sites for hydroxylation is 1. The number of para-hydroxylation sites is 1. The predicted octanol–water partition coefficient (Wildman–Crippen LogP) is 7.12. The molecule has 0 radical (unpaired) electrons. The molecule has 8 nitrogen and oxygen atoms in total. The van der Waals surface area contributed by atoms with Crippen LogP contribution in [0.2, 0.25) is 0 Å². The zero-order valence-corrected chi connectivity index (χ0v) is 22.3. The molecular formula is C30H27N7OS. The Kier molecular flexibility index (Phi) is 5.93. The third-order valence-electron chi connectivity index (χ3n) is 7.48. The highest BCUT2D eigenvalue weighted by Gasteiger charge is 2.21. The second kappa shape index (κ2) is 9.74. The number of hydrogen-bond donors (Lipinski definition) is 3. The molecule has 6 aromatic rings. The molecule has 1 saturated carbocycles. The normalized spacial score (nSPS) is 14.3. The van der Waals surface area contributed by atoms with Crippen molar-refractivity contribution in [2.75, 3.05) is 5.32 Å². The van der Waals surface area contributed by atoms with E-state index in [4.69, 9.17) is 4.98 Å². The van der Waals surface area contributed by atoms with Gasteiger partial charge in [-0.25, -0.2) is 9.97 Å². The van der Waals surface area contributed by atoms with Crippen molar-refractivity contribution in [2.24, 2.45) is 5.92 Å². The highest BCUT2D eigenvalue weighted by atomic mass is 32.1. The summed E-state index contributed by atoms with van der Waals surface area (Å²) in [4.78, 5) is 32.7. The van der Waals surface area contributed by atoms with Gasteiger partial charge in [0, 0.05) is 44.8 Å². The minimum absolute atomic E-state index is 0.0845. The summed E-state index contributed by atoms with van der Waals surface area (Å²) in [5.41, 5.74) is 6.84. The summed E-state index contributed by atoms with van der Waals surface area (Å²) in [6.45, 7) is 2.11.